The van der Waals surface area contributed by atoms with E-state index in [2.05, 4.69) is 5.32 Å². The van der Waals surface area contributed by atoms with Crippen molar-refractivity contribution in [3.63, 3.8) is 0 Å². The van der Waals surface area contributed by atoms with Gasteiger partial charge < -0.3 is 20.1 Å². The van der Waals surface area contributed by atoms with Crippen LogP contribution in [0.3, 0.4) is 0 Å². The van der Waals surface area contributed by atoms with E-state index in [4.69, 9.17) is 9.84 Å². The third-order valence-electron chi connectivity index (χ3n) is 3.60. The maximum Gasteiger partial charge on any atom is 0.341 e. The van der Waals surface area contributed by atoms with Gasteiger partial charge in [0, 0.05) is 18.7 Å². The quantitative estimate of drug-likeness (QED) is 0.811. The summed E-state index contributed by atoms with van der Waals surface area (Å²) in [7, 11) is 0. The zero-order valence-corrected chi connectivity index (χ0v) is 12.9. The molecule has 1 atom stereocenters. The maximum absolute atomic E-state index is 12.7. The number of carbonyl (C=O) groups is 3. The van der Waals surface area contributed by atoms with Gasteiger partial charge in [0.2, 0.25) is 5.91 Å². The normalized spacial score (nSPS) is 17.5. The molecule has 7 heteroatoms. The van der Waals surface area contributed by atoms with Crippen LogP contribution in [0.15, 0.2) is 24.3 Å². The van der Waals surface area contributed by atoms with Crippen LogP contribution in [0.5, 0.6) is 5.75 Å². The first kappa shape index (κ1) is 16.8. The third kappa shape index (κ3) is 4.21. The molecule has 1 aromatic carbocycles. The molecular weight excluding hydrogens is 300 g/mol. The molecule has 2 N–H and O–H groups in total. The van der Waals surface area contributed by atoms with Crippen molar-refractivity contribution in [3.05, 3.63) is 29.8 Å². The smallest absolute Gasteiger partial charge is 0.341 e. The number of carboxylic acid groups (broad SMARTS) is 1. The van der Waals surface area contributed by atoms with Crippen LogP contribution in [-0.4, -0.2) is 53.5 Å². The second-order valence-electron chi connectivity index (χ2n) is 5.30. The first-order chi connectivity index (χ1) is 11.0. The van der Waals surface area contributed by atoms with Crippen LogP contribution in [0.1, 0.15) is 30.1 Å². The number of hydrogen-bond acceptors (Lipinski definition) is 4. The molecule has 23 heavy (non-hydrogen) atoms. The van der Waals surface area contributed by atoms with E-state index in [1.54, 1.807) is 23.1 Å². The highest BCUT2D eigenvalue weighted by Crippen LogP contribution is 2.19. The molecule has 1 saturated heterocycles. The number of aliphatic carboxylic acids is 1. The molecule has 0 radical (unpaired) electrons. The Morgan fingerprint density at radius 1 is 1.43 bits per heavy atom. The predicted molar refractivity (Wildman–Crippen MR) is 82.3 cm³/mol. The van der Waals surface area contributed by atoms with Crippen molar-refractivity contribution in [2.45, 2.75) is 25.8 Å². The lowest BCUT2D eigenvalue weighted by Crippen LogP contribution is -2.57. The van der Waals surface area contributed by atoms with Crippen LogP contribution >= 0.6 is 0 Å². The summed E-state index contributed by atoms with van der Waals surface area (Å²) in [5, 5.41) is 11.4. The Balaban J connectivity index is 2.16. The Morgan fingerprint density at radius 2 is 2.22 bits per heavy atom. The summed E-state index contributed by atoms with van der Waals surface area (Å²) >= 11 is 0. The Kier molecular flexibility index (Phi) is 5.56. The summed E-state index contributed by atoms with van der Waals surface area (Å²) in [5.41, 5.74) is 0.378. The van der Waals surface area contributed by atoms with Crippen LogP contribution in [0.4, 0.5) is 0 Å². The van der Waals surface area contributed by atoms with Crippen LogP contribution < -0.4 is 10.1 Å². The number of rotatable bonds is 6. The van der Waals surface area contributed by atoms with Gasteiger partial charge in [0.25, 0.3) is 5.91 Å². The topological polar surface area (TPSA) is 95.9 Å². The van der Waals surface area contributed by atoms with E-state index in [0.29, 0.717) is 30.8 Å². The number of piperazine rings is 1. The molecule has 1 aliphatic heterocycles. The number of ether oxygens (including phenoxy) is 1. The minimum Gasteiger partial charge on any atom is -0.482 e. The summed E-state index contributed by atoms with van der Waals surface area (Å²) in [5.74, 6) is -1.16. The molecule has 1 heterocycles. The molecule has 1 fully saturated rings. The summed E-state index contributed by atoms with van der Waals surface area (Å²) in [4.78, 5) is 36.8. The molecule has 7 nitrogen and oxygen atoms in total. The molecule has 2 rings (SSSR count). The van der Waals surface area contributed by atoms with Crippen molar-refractivity contribution in [2.24, 2.45) is 0 Å². The Hall–Kier alpha value is -2.57. The van der Waals surface area contributed by atoms with E-state index < -0.39 is 18.6 Å². The average Bonchev–Trinajstić information content (AvgIpc) is 2.54. The van der Waals surface area contributed by atoms with Gasteiger partial charge in [-0.15, -0.1) is 0 Å². The van der Waals surface area contributed by atoms with Crippen molar-refractivity contribution in [2.75, 3.05) is 19.7 Å². The SMILES string of the molecule is CCCC1C(=O)NCCN1C(=O)c1cccc(OCC(=O)O)c1. The van der Waals surface area contributed by atoms with Gasteiger partial charge in [-0.25, -0.2) is 4.79 Å². The molecule has 1 unspecified atom stereocenters. The first-order valence-electron chi connectivity index (χ1n) is 7.56. The lowest BCUT2D eigenvalue weighted by Gasteiger charge is -2.35. The van der Waals surface area contributed by atoms with Crippen LogP contribution in [0, 0.1) is 0 Å². The van der Waals surface area contributed by atoms with E-state index >= 15 is 0 Å². The molecule has 0 saturated carbocycles. The first-order valence-corrected chi connectivity index (χ1v) is 7.56. The zero-order chi connectivity index (χ0) is 16.8. The molecule has 1 aromatic rings. The summed E-state index contributed by atoms with van der Waals surface area (Å²) < 4.78 is 5.09. The molecule has 0 bridgehead atoms. The minimum absolute atomic E-state index is 0.135. The average molecular weight is 320 g/mol. The Morgan fingerprint density at radius 3 is 2.91 bits per heavy atom. The van der Waals surface area contributed by atoms with Crippen LogP contribution in [0.2, 0.25) is 0 Å². The molecule has 0 aromatic heterocycles. The highest BCUT2D eigenvalue weighted by atomic mass is 16.5. The standard InChI is InChI=1S/C16H20N2O5/c1-2-4-13-15(21)17-7-8-18(13)16(22)11-5-3-6-12(9-11)23-10-14(19)20/h3,5-6,9,13H,2,4,7-8,10H2,1H3,(H,17,21)(H,19,20). The van der Waals surface area contributed by atoms with Crippen LogP contribution in [0.25, 0.3) is 0 Å². The van der Waals surface area contributed by atoms with E-state index in [9.17, 15) is 14.4 Å². The predicted octanol–water partition coefficient (Wildman–Crippen LogP) is 0.891. The van der Waals surface area contributed by atoms with Crippen molar-refractivity contribution >= 4 is 17.8 Å². The molecule has 124 valence electrons. The van der Waals surface area contributed by atoms with Gasteiger partial charge in [-0.2, -0.15) is 0 Å². The number of carboxylic acids is 1. The van der Waals surface area contributed by atoms with E-state index in [1.807, 2.05) is 6.92 Å². The maximum atomic E-state index is 12.7. The fourth-order valence-electron chi connectivity index (χ4n) is 2.55. The van der Waals surface area contributed by atoms with E-state index in [1.165, 1.54) is 6.07 Å². The Labute approximate surface area is 134 Å². The molecule has 0 spiro atoms. The van der Waals surface area contributed by atoms with Gasteiger partial charge in [0.05, 0.1) is 0 Å². The van der Waals surface area contributed by atoms with Crippen molar-refractivity contribution in [3.8, 4) is 5.75 Å². The fraction of sp³-hybridized carbons (Fsp3) is 0.438. The van der Waals surface area contributed by atoms with Gasteiger partial charge >= 0.3 is 5.97 Å². The zero-order valence-electron chi connectivity index (χ0n) is 12.9. The second kappa shape index (κ2) is 7.62. The van der Waals surface area contributed by atoms with Gasteiger partial charge in [-0.3, -0.25) is 9.59 Å². The highest BCUT2D eigenvalue weighted by Gasteiger charge is 2.32. The second-order valence-corrected chi connectivity index (χ2v) is 5.30. The minimum atomic E-state index is -1.09. The monoisotopic (exact) mass is 320 g/mol. The van der Waals surface area contributed by atoms with Gasteiger partial charge in [-0.1, -0.05) is 19.4 Å². The third-order valence-corrected chi connectivity index (χ3v) is 3.60. The number of nitrogens with zero attached hydrogens (tertiary/aromatic N) is 1. The molecule has 0 aliphatic carbocycles. The van der Waals surface area contributed by atoms with E-state index in [-0.39, 0.29) is 11.8 Å². The van der Waals surface area contributed by atoms with Gasteiger partial charge in [-0.05, 0) is 24.6 Å². The molecular formula is C16H20N2O5. The number of amides is 2. The van der Waals surface area contributed by atoms with Gasteiger partial charge in [0.1, 0.15) is 11.8 Å². The van der Waals surface area contributed by atoms with E-state index in [0.717, 1.165) is 6.42 Å². The highest BCUT2D eigenvalue weighted by molar-refractivity contribution is 5.98. The lowest BCUT2D eigenvalue weighted by molar-refractivity contribution is -0.139. The number of carbonyl (C=O) groups excluding carboxylic acids is 2. The lowest BCUT2D eigenvalue weighted by atomic mass is 10.0. The van der Waals surface area contributed by atoms with Crippen molar-refractivity contribution < 1.29 is 24.2 Å². The molecule has 2 amide bonds. The number of benzene rings is 1. The largest absolute Gasteiger partial charge is 0.482 e. The van der Waals surface area contributed by atoms with Gasteiger partial charge in [0.15, 0.2) is 6.61 Å². The number of nitrogens with one attached hydrogen (secondary N) is 1. The van der Waals surface area contributed by atoms with Crippen LogP contribution in [-0.2, 0) is 9.59 Å². The van der Waals surface area contributed by atoms with Crippen molar-refractivity contribution in [1.82, 2.24) is 10.2 Å². The summed E-state index contributed by atoms with van der Waals surface area (Å²) in [6.45, 7) is 2.38. The van der Waals surface area contributed by atoms with Crippen molar-refractivity contribution in [1.29, 1.82) is 0 Å². The Bertz CT molecular complexity index is 602. The number of hydrogen-bond donors (Lipinski definition) is 2. The summed E-state index contributed by atoms with van der Waals surface area (Å²) in [6.07, 6.45) is 1.40. The molecule has 1 aliphatic rings. The fourth-order valence-corrected chi connectivity index (χ4v) is 2.55. The summed E-state index contributed by atoms with van der Waals surface area (Å²) in [6, 6.07) is 5.88.